The summed E-state index contributed by atoms with van der Waals surface area (Å²) in [4.78, 5) is 0. The maximum atomic E-state index is 5.65. The fraction of sp³-hybridized carbons (Fsp3) is 0.750. The van der Waals surface area contributed by atoms with Crippen LogP contribution in [-0.4, -0.2) is 29.5 Å². The Hall–Kier alpha value is -0.870. The van der Waals surface area contributed by atoms with Crippen molar-refractivity contribution in [2.75, 3.05) is 13.7 Å². The number of likely N-dealkylation sites (N-methyl/N-ethyl adjacent to an activating group) is 1. The van der Waals surface area contributed by atoms with Crippen LogP contribution in [0.2, 0.25) is 0 Å². The van der Waals surface area contributed by atoms with Crippen molar-refractivity contribution in [3.63, 3.8) is 0 Å². The quantitative estimate of drug-likeness (QED) is 0.803. The molecule has 1 atom stereocenters. The number of hydrogen-bond donors (Lipinski definition) is 1. The highest BCUT2D eigenvalue weighted by molar-refractivity contribution is 5.13. The zero-order chi connectivity index (χ0) is 12.1. The van der Waals surface area contributed by atoms with Gasteiger partial charge < -0.3 is 10.1 Å². The van der Waals surface area contributed by atoms with Crippen molar-refractivity contribution in [1.82, 2.24) is 15.1 Å². The smallest absolute Gasteiger partial charge is 0.0727 e. The van der Waals surface area contributed by atoms with E-state index < -0.39 is 0 Å². The monoisotopic (exact) mass is 225 g/mol. The summed E-state index contributed by atoms with van der Waals surface area (Å²) in [7, 11) is 1.96. The lowest BCUT2D eigenvalue weighted by molar-refractivity contribution is 0.0609. The Morgan fingerprint density at radius 1 is 1.50 bits per heavy atom. The standard InChI is InChI=1S/C12H23N3O/c1-6-15-12(7-10(4)14-15)11(13-5)8-16-9(2)3/h7,9,11,13H,6,8H2,1-5H3. The minimum absolute atomic E-state index is 0.212. The average Bonchev–Trinajstić information content (AvgIpc) is 2.60. The number of hydrogen-bond acceptors (Lipinski definition) is 3. The summed E-state index contributed by atoms with van der Waals surface area (Å²) in [6.45, 7) is 9.80. The molecule has 0 amide bonds. The summed E-state index contributed by atoms with van der Waals surface area (Å²) in [6, 6.07) is 2.33. The molecule has 0 aromatic carbocycles. The van der Waals surface area contributed by atoms with E-state index in [0.717, 1.165) is 12.2 Å². The summed E-state index contributed by atoms with van der Waals surface area (Å²) < 4.78 is 7.68. The van der Waals surface area contributed by atoms with E-state index in [2.05, 4.69) is 37.3 Å². The Morgan fingerprint density at radius 3 is 2.69 bits per heavy atom. The van der Waals surface area contributed by atoms with Crippen LogP contribution in [0.1, 0.15) is 38.2 Å². The number of rotatable bonds is 6. The van der Waals surface area contributed by atoms with Gasteiger partial charge in [0.15, 0.2) is 0 Å². The van der Waals surface area contributed by atoms with Crippen LogP contribution >= 0.6 is 0 Å². The van der Waals surface area contributed by atoms with E-state index >= 15 is 0 Å². The first kappa shape index (κ1) is 13.2. The van der Waals surface area contributed by atoms with Crippen LogP contribution in [0.25, 0.3) is 0 Å². The van der Waals surface area contributed by atoms with Crippen molar-refractivity contribution in [3.8, 4) is 0 Å². The molecular weight excluding hydrogens is 202 g/mol. The fourth-order valence-corrected chi connectivity index (χ4v) is 1.70. The first-order chi connectivity index (χ1) is 7.58. The SMILES string of the molecule is CCn1nc(C)cc1C(COC(C)C)NC. The Balaban J connectivity index is 2.77. The van der Waals surface area contributed by atoms with Gasteiger partial charge >= 0.3 is 0 Å². The summed E-state index contributed by atoms with van der Waals surface area (Å²) in [5, 5.41) is 7.72. The lowest BCUT2D eigenvalue weighted by Crippen LogP contribution is -2.26. The van der Waals surface area contributed by atoms with Gasteiger partial charge in [0.25, 0.3) is 0 Å². The van der Waals surface area contributed by atoms with Crippen molar-refractivity contribution in [1.29, 1.82) is 0 Å². The highest BCUT2D eigenvalue weighted by atomic mass is 16.5. The van der Waals surface area contributed by atoms with Gasteiger partial charge in [-0.3, -0.25) is 4.68 Å². The van der Waals surface area contributed by atoms with E-state index in [4.69, 9.17) is 4.74 Å². The second kappa shape index (κ2) is 6.01. The number of nitrogens with one attached hydrogen (secondary N) is 1. The Labute approximate surface area is 98.0 Å². The van der Waals surface area contributed by atoms with Crippen molar-refractivity contribution >= 4 is 0 Å². The van der Waals surface area contributed by atoms with Gasteiger partial charge in [-0.1, -0.05) is 0 Å². The predicted molar refractivity (Wildman–Crippen MR) is 65.5 cm³/mol. The van der Waals surface area contributed by atoms with Crippen LogP contribution in [0.4, 0.5) is 0 Å². The molecule has 1 N–H and O–H groups in total. The molecule has 0 saturated heterocycles. The maximum Gasteiger partial charge on any atom is 0.0727 e. The largest absolute Gasteiger partial charge is 0.377 e. The third-order valence-electron chi connectivity index (χ3n) is 2.53. The Bertz CT molecular complexity index is 320. The lowest BCUT2D eigenvalue weighted by atomic mass is 10.2. The molecule has 1 unspecified atom stereocenters. The molecule has 0 aliphatic rings. The molecule has 16 heavy (non-hydrogen) atoms. The number of aryl methyl sites for hydroxylation is 2. The normalized spacial score (nSPS) is 13.4. The van der Waals surface area contributed by atoms with E-state index in [1.54, 1.807) is 0 Å². The predicted octanol–water partition coefficient (Wildman–Crippen LogP) is 1.90. The second-order valence-corrected chi connectivity index (χ2v) is 4.25. The first-order valence-electron chi connectivity index (χ1n) is 5.91. The van der Waals surface area contributed by atoms with Gasteiger partial charge in [0.05, 0.1) is 30.1 Å². The fourth-order valence-electron chi connectivity index (χ4n) is 1.70. The van der Waals surface area contributed by atoms with Crippen LogP contribution in [-0.2, 0) is 11.3 Å². The second-order valence-electron chi connectivity index (χ2n) is 4.25. The number of ether oxygens (including phenoxy) is 1. The van der Waals surface area contributed by atoms with Gasteiger partial charge in [0.1, 0.15) is 0 Å². The zero-order valence-electron chi connectivity index (χ0n) is 10.9. The molecule has 1 aromatic rings. The van der Waals surface area contributed by atoms with Crippen LogP contribution < -0.4 is 5.32 Å². The Morgan fingerprint density at radius 2 is 2.19 bits per heavy atom. The molecule has 1 rings (SSSR count). The van der Waals surface area contributed by atoms with Gasteiger partial charge in [-0.15, -0.1) is 0 Å². The topological polar surface area (TPSA) is 39.1 Å². The van der Waals surface area contributed by atoms with E-state index in [-0.39, 0.29) is 12.1 Å². The third-order valence-corrected chi connectivity index (χ3v) is 2.53. The van der Waals surface area contributed by atoms with E-state index in [0.29, 0.717) is 6.61 Å². The average molecular weight is 225 g/mol. The Kier molecular flexibility index (Phi) is 4.96. The van der Waals surface area contributed by atoms with E-state index in [1.165, 1.54) is 5.69 Å². The molecule has 0 radical (unpaired) electrons. The van der Waals surface area contributed by atoms with Crippen molar-refractivity contribution in [3.05, 3.63) is 17.5 Å². The molecule has 4 nitrogen and oxygen atoms in total. The molecule has 4 heteroatoms. The van der Waals surface area contributed by atoms with Gasteiger partial charge in [-0.25, -0.2) is 0 Å². The minimum atomic E-state index is 0.212. The molecule has 0 spiro atoms. The van der Waals surface area contributed by atoms with Gasteiger partial charge in [-0.2, -0.15) is 5.10 Å². The third kappa shape index (κ3) is 3.32. The highest BCUT2D eigenvalue weighted by Crippen LogP contribution is 2.15. The van der Waals surface area contributed by atoms with Crippen LogP contribution in [0.5, 0.6) is 0 Å². The first-order valence-corrected chi connectivity index (χ1v) is 5.91. The lowest BCUT2D eigenvalue weighted by Gasteiger charge is -2.19. The summed E-state index contributed by atoms with van der Waals surface area (Å²) >= 11 is 0. The zero-order valence-corrected chi connectivity index (χ0v) is 10.9. The molecule has 0 fully saturated rings. The minimum Gasteiger partial charge on any atom is -0.377 e. The van der Waals surface area contributed by atoms with Crippen molar-refractivity contribution < 1.29 is 4.74 Å². The number of nitrogens with zero attached hydrogens (tertiary/aromatic N) is 2. The van der Waals surface area contributed by atoms with Crippen molar-refractivity contribution in [2.24, 2.45) is 0 Å². The van der Waals surface area contributed by atoms with E-state index in [1.807, 2.05) is 18.7 Å². The summed E-state index contributed by atoms with van der Waals surface area (Å²) in [6.07, 6.45) is 0.259. The van der Waals surface area contributed by atoms with Crippen LogP contribution in [0.3, 0.4) is 0 Å². The van der Waals surface area contributed by atoms with Crippen LogP contribution in [0, 0.1) is 6.92 Å². The van der Waals surface area contributed by atoms with E-state index in [9.17, 15) is 0 Å². The molecule has 1 heterocycles. The molecular formula is C12H23N3O. The van der Waals surface area contributed by atoms with Crippen molar-refractivity contribution in [2.45, 2.75) is 46.4 Å². The number of aromatic nitrogens is 2. The molecule has 0 saturated carbocycles. The van der Waals surface area contributed by atoms with Gasteiger partial charge in [0.2, 0.25) is 0 Å². The molecule has 1 aromatic heterocycles. The highest BCUT2D eigenvalue weighted by Gasteiger charge is 2.15. The molecule has 0 aliphatic carbocycles. The molecule has 0 bridgehead atoms. The summed E-state index contributed by atoms with van der Waals surface area (Å²) in [5.74, 6) is 0. The molecule has 0 aliphatic heterocycles. The van der Waals surface area contributed by atoms with Gasteiger partial charge in [-0.05, 0) is 40.8 Å². The summed E-state index contributed by atoms with van der Waals surface area (Å²) in [5.41, 5.74) is 2.25. The van der Waals surface area contributed by atoms with Gasteiger partial charge in [0, 0.05) is 6.54 Å². The molecule has 92 valence electrons. The maximum absolute atomic E-state index is 5.65. The van der Waals surface area contributed by atoms with Crippen LogP contribution in [0.15, 0.2) is 6.07 Å².